The number of likely N-dealkylation sites (tertiary alicyclic amines) is 1. The van der Waals surface area contributed by atoms with E-state index in [9.17, 15) is 4.79 Å². The molecule has 160 valence electrons. The summed E-state index contributed by atoms with van der Waals surface area (Å²) >= 11 is 0. The SMILES string of the molecule is O=C(CC1CCCC1)N1CCCC(COc2ccc(CN3CCOCC3)cc2)C1. The Bertz CT molecular complexity index is 636. The van der Waals surface area contributed by atoms with Gasteiger partial charge in [-0.3, -0.25) is 9.69 Å². The second kappa shape index (κ2) is 10.4. The Labute approximate surface area is 175 Å². The molecule has 0 radical (unpaired) electrons. The molecule has 5 heteroatoms. The fourth-order valence-corrected chi connectivity index (χ4v) is 4.94. The van der Waals surface area contributed by atoms with Crippen molar-refractivity contribution in [2.45, 2.75) is 51.5 Å². The Kier molecular flexibility index (Phi) is 7.44. The molecule has 1 aromatic rings. The maximum absolute atomic E-state index is 12.6. The topological polar surface area (TPSA) is 42.0 Å². The molecule has 2 aliphatic heterocycles. The second-order valence-electron chi connectivity index (χ2n) is 9.05. The zero-order valence-electron chi connectivity index (χ0n) is 17.7. The van der Waals surface area contributed by atoms with Crippen molar-refractivity contribution >= 4 is 5.91 Å². The Morgan fingerprint density at radius 3 is 2.45 bits per heavy atom. The number of amides is 1. The van der Waals surface area contributed by atoms with Gasteiger partial charge in [-0.05, 0) is 49.3 Å². The van der Waals surface area contributed by atoms with Crippen LogP contribution in [0.25, 0.3) is 0 Å². The van der Waals surface area contributed by atoms with Gasteiger partial charge in [0.2, 0.25) is 5.91 Å². The standard InChI is InChI=1S/C24H36N2O3/c27-24(16-20-4-1-2-5-20)26-11-3-6-22(18-26)19-29-23-9-7-21(8-10-23)17-25-12-14-28-15-13-25/h7-10,20,22H,1-6,11-19H2. The number of rotatable bonds is 7. The summed E-state index contributed by atoms with van der Waals surface area (Å²) in [5.41, 5.74) is 1.32. The minimum Gasteiger partial charge on any atom is -0.493 e. The molecular weight excluding hydrogens is 364 g/mol. The van der Waals surface area contributed by atoms with Crippen LogP contribution in [0.4, 0.5) is 0 Å². The third-order valence-corrected chi connectivity index (χ3v) is 6.73. The highest BCUT2D eigenvalue weighted by molar-refractivity contribution is 5.76. The molecular formula is C24H36N2O3. The number of nitrogens with zero attached hydrogens (tertiary/aromatic N) is 2. The molecule has 0 aromatic heterocycles. The normalized spacial score (nSPS) is 24.0. The highest BCUT2D eigenvalue weighted by atomic mass is 16.5. The molecule has 0 bridgehead atoms. The summed E-state index contributed by atoms with van der Waals surface area (Å²) < 4.78 is 11.5. The van der Waals surface area contributed by atoms with Gasteiger partial charge in [-0.15, -0.1) is 0 Å². The summed E-state index contributed by atoms with van der Waals surface area (Å²) in [5.74, 6) is 2.39. The highest BCUT2D eigenvalue weighted by Gasteiger charge is 2.27. The summed E-state index contributed by atoms with van der Waals surface area (Å²) in [6.45, 7) is 7.16. The van der Waals surface area contributed by atoms with E-state index in [-0.39, 0.29) is 0 Å². The van der Waals surface area contributed by atoms with Gasteiger partial charge in [0.05, 0.1) is 19.8 Å². The lowest BCUT2D eigenvalue weighted by molar-refractivity contribution is -0.134. The van der Waals surface area contributed by atoms with E-state index in [1.165, 1.54) is 31.2 Å². The average Bonchev–Trinajstić information content (AvgIpc) is 3.27. The van der Waals surface area contributed by atoms with Crippen LogP contribution < -0.4 is 4.74 Å². The fourth-order valence-electron chi connectivity index (χ4n) is 4.94. The lowest BCUT2D eigenvalue weighted by atomic mass is 9.97. The Morgan fingerprint density at radius 1 is 0.966 bits per heavy atom. The summed E-state index contributed by atoms with van der Waals surface area (Å²) in [6.07, 6.45) is 8.12. The molecule has 0 N–H and O–H groups in total. The molecule has 3 fully saturated rings. The minimum atomic E-state index is 0.370. The van der Waals surface area contributed by atoms with Crippen LogP contribution in [0.3, 0.4) is 0 Å². The summed E-state index contributed by atoms with van der Waals surface area (Å²) in [4.78, 5) is 17.2. The molecule has 1 atom stereocenters. The first-order valence-corrected chi connectivity index (χ1v) is 11.6. The smallest absolute Gasteiger partial charge is 0.222 e. The molecule has 1 amide bonds. The maximum atomic E-state index is 12.6. The zero-order valence-corrected chi connectivity index (χ0v) is 17.7. The van der Waals surface area contributed by atoms with E-state index in [0.29, 0.717) is 24.3 Å². The van der Waals surface area contributed by atoms with Gasteiger partial charge < -0.3 is 14.4 Å². The number of carbonyl (C=O) groups excluding carboxylic acids is 1. The summed E-state index contributed by atoms with van der Waals surface area (Å²) in [6, 6.07) is 8.51. The van der Waals surface area contributed by atoms with Crippen molar-refractivity contribution in [2.75, 3.05) is 46.0 Å². The third kappa shape index (κ3) is 6.19. The van der Waals surface area contributed by atoms with Crippen LogP contribution in [-0.2, 0) is 16.1 Å². The predicted molar refractivity (Wildman–Crippen MR) is 114 cm³/mol. The maximum Gasteiger partial charge on any atom is 0.222 e. The van der Waals surface area contributed by atoms with Gasteiger partial charge in [-0.25, -0.2) is 0 Å². The van der Waals surface area contributed by atoms with Crippen molar-refractivity contribution in [3.8, 4) is 5.75 Å². The molecule has 1 aliphatic carbocycles. The quantitative estimate of drug-likeness (QED) is 0.700. The summed E-state index contributed by atoms with van der Waals surface area (Å²) in [7, 11) is 0. The van der Waals surface area contributed by atoms with E-state index < -0.39 is 0 Å². The molecule has 1 unspecified atom stereocenters. The monoisotopic (exact) mass is 400 g/mol. The van der Waals surface area contributed by atoms with Crippen molar-refractivity contribution in [2.24, 2.45) is 11.8 Å². The number of ether oxygens (including phenoxy) is 2. The Balaban J connectivity index is 1.20. The molecule has 2 heterocycles. The van der Waals surface area contributed by atoms with Crippen molar-refractivity contribution in [1.29, 1.82) is 0 Å². The lowest BCUT2D eigenvalue weighted by Crippen LogP contribution is -2.42. The van der Waals surface area contributed by atoms with Crippen LogP contribution in [0.2, 0.25) is 0 Å². The van der Waals surface area contributed by atoms with Gasteiger partial charge in [0.1, 0.15) is 5.75 Å². The first kappa shape index (κ1) is 20.7. The number of hydrogen-bond donors (Lipinski definition) is 0. The fraction of sp³-hybridized carbons (Fsp3) is 0.708. The number of hydrogen-bond acceptors (Lipinski definition) is 4. The number of benzene rings is 1. The number of morpholine rings is 1. The molecule has 4 rings (SSSR count). The van der Waals surface area contributed by atoms with Crippen LogP contribution in [0.5, 0.6) is 5.75 Å². The van der Waals surface area contributed by atoms with E-state index in [4.69, 9.17) is 9.47 Å². The number of carbonyl (C=O) groups is 1. The molecule has 3 aliphatic rings. The molecule has 1 saturated carbocycles. The van der Waals surface area contributed by atoms with Gasteiger partial charge in [-0.2, -0.15) is 0 Å². The zero-order chi connectivity index (χ0) is 19.9. The van der Waals surface area contributed by atoms with E-state index in [0.717, 1.165) is 70.9 Å². The molecule has 0 spiro atoms. The predicted octanol–water partition coefficient (Wildman–Crippen LogP) is 3.72. The van der Waals surface area contributed by atoms with Crippen molar-refractivity contribution in [1.82, 2.24) is 9.80 Å². The second-order valence-corrected chi connectivity index (χ2v) is 9.05. The van der Waals surface area contributed by atoms with Gasteiger partial charge in [0.25, 0.3) is 0 Å². The van der Waals surface area contributed by atoms with Crippen LogP contribution in [0, 0.1) is 11.8 Å². The van der Waals surface area contributed by atoms with Gasteiger partial charge in [0, 0.05) is 45.1 Å². The number of piperidine rings is 1. The van der Waals surface area contributed by atoms with Gasteiger partial charge in [-0.1, -0.05) is 25.0 Å². The Hall–Kier alpha value is -1.59. The molecule has 29 heavy (non-hydrogen) atoms. The average molecular weight is 401 g/mol. The molecule has 5 nitrogen and oxygen atoms in total. The van der Waals surface area contributed by atoms with E-state index in [1.807, 2.05) is 0 Å². The third-order valence-electron chi connectivity index (χ3n) is 6.73. The van der Waals surface area contributed by atoms with Crippen molar-refractivity contribution in [3.63, 3.8) is 0 Å². The largest absolute Gasteiger partial charge is 0.493 e. The van der Waals surface area contributed by atoms with Crippen molar-refractivity contribution < 1.29 is 14.3 Å². The Morgan fingerprint density at radius 2 is 1.69 bits per heavy atom. The van der Waals surface area contributed by atoms with E-state index >= 15 is 0 Å². The highest BCUT2D eigenvalue weighted by Crippen LogP contribution is 2.29. The first-order valence-electron chi connectivity index (χ1n) is 11.6. The van der Waals surface area contributed by atoms with E-state index in [2.05, 4.69) is 34.1 Å². The van der Waals surface area contributed by atoms with Crippen LogP contribution in [0.15, 0.2) is 24.3 Å². The summed E-state index contributed by atoms with van der Waals surface area (Å²) in [5, 5.41) is 0. The molecule has 2 saturated heterocycles. The van der Waals surface area contributed by atoms with Crippen LogP contribution in [0.1, 0.15) is 50.5 Å². The van der Waals surface area contributed by atoms with Crippen LogP contribution in [-0.4, -0.2) is 61.7 Å². The molecule has 1 aromatic carbocycles. The minimum absolute atomic E-state index is 0.370. The van der Waals surface area contributed by atoms with E-state index in [1.54, 1.807) is 0 Å². The lowest BCUT2D eigenvalue weighted by Gasteiger charge is -2.33. The van der Waals surface area contributed by atoms with Crippen molar-refractivity contribution in [3.05, 3.63) is 29.8 Å². The van der Waals surface area contributed by atoms with Gasteiger partial charge in [0.15, 0.2) is 0 Å². The first-order chi connectivity index (χ1) is 14.3. The van der Waals surface area contributed by atoms with Gasteiger partial charge >= 0.3 is 0 Å². The van der Waals surface area contributed by atoms with Crippen LogP contribution >= 0.6 is 0 Å².